The van der Waals surface area contributed by atoms with Crippen LogP contribution in [-0.4, -0.2) is 40.0 Å². The number of benzene rings is 1. The molecule has 130 valence electrons. The van der Waals surface area contributed by atoms with Gasteiger partial charge in [-0.05, 0) is 17.7 Å². The highest BCUT2D eigenvalue weighted by atomic mass is 32.2. The minimum Gasteiger partial charge on any atom is -0.772 e. The van der Waals surface area contributed by atoms with E-state index >= 15 is 0 Å². The number of carbonyl (C=O) groups excluding carboxylic acids is 2. The fourth-order valence-corrected chi connectivity index (χ4v) is 1.97. The summed E-state index contributed by atoms with van der Waals surface area (Å²) in [5.41, 5.74) is 0.329. The number of aliphatic hydroxyl groups excluding tert-OH is 1. The second-order valence-corrected chi connectivity index (χ2v) is 5.25. The van der Waals surface area contributed by atoms with E-state index in [-0.39, 0.29) is 5.75 Å². The summed E-state index contributed by atoms with van der Waals surface area (Å²) in [6.45, 7) is 0. The topological polar surface area (TPSA) is 138 Å². The predicted octanol–water partition coefficient (Wildman–Crippen LogP) is 1.66. The van der Waals surface area contributed by atoms with Crippen molar-refractivity contribution in [3.8, 4) is 0 Å². The lowest BCUT2D eigenvalue weighted by Crippen LogP contribution is -2.09. The molecular weight excluding hydrogens is 340 g/mol. The summed E-state index contributed by atoms with van der Waals surface area (Å²) < 4.78 is 30.1. The van der Waals surface area contributed by atoms with E-state index in [9.17, 15) is 23.5 Å². The first-order valence-electron chi connectivity index (χ1n) is 6.51. The molecule has 0 heterocycles. The molecule has 1 unspecified atom stereocenters. The van der Waals surface area contributed by atoms with Crippen LogP contribution in [0.3, 0.4) is 0 Å². The van der Waals surface area contributed by atoms with Gasteiger partial charge < -0.3 is 19.1 Å². The summed E-state index contributed by atoms with van der Waals surface area (Å²) in [4.78, 5) is 22.8. The fourth-order valence-electron chi connectivity index (χ4n) is 1.51. The summed E-state index contributed by atoms with van der Waals surface area (Å²) in [5, 5.41) is 17.1. The molecule has 24 heavy (non-hydrogen) atoms. The van der Waals surface area contributed by atoms with Crippen molar-refractivity contribution in [1.82, 2.24) is 0 Å². The molecule has 0 radical (unpaired) electrons. The molecule has 0 saturated heterocycles. The van der Waals surface area contributed by atoms with Crippen molar-refractivity contribution in [2.45, 2.75) is 12.2 Å². The number of esters is 2. The summed E-state index contributed by atoms with van der Waals surface area (Å²) >= 11 is -2.20. The van der Waals surface area contributed by atoms with E-state index in [0.717, 1.165) is 14.2 Å². The van der Waals surface area contributed by atoms with Crippen LogP contribution < -0.4 is 0 Å². The van der Waals surface area contributed by atoms with E-state index in [1.54, 1.807) is 0 Å². The molecule has 0 spiro atoms. The second kappa shape index (κ2) is 9.53. The second-order valence-electron chi connectivity index (χ2n) is 4.35. The first kappa shape index (κ1) is 19.5. The van der Waals surface area contributed by atoms with Crippen LogP contribution >= 0.6 is 0 Å². The van der Waals surface area contributed by atoms with E-state index in [2.05, 4.69) is 19.7 Å². The van der Waals surface area contributed by atoms with Crippen molar-refractivity contribution in [3.63, 3.8) is 0 Å². The number of methoxy groups -OCH3 is 2. The molecule has 0 fully saturated rings. The molecular formula is C14H15N2O7S-. The van der Waals surface area contributed by atoms with E-state index in [0.29, 0.717) is 11.3 Å². The Bertz CT molecular complexity index is 683. The molecule has 1 aromatic rings. The van der Waals surface area contributed by atoms with Crippen LogP contribution in [0.1, 0.15) is 12.0 Å². The number of nitrogens with zero attached hydrogens (tertiary/aromatic N) is 2. The number of hydrogen-bond acceptors (Lipinski definition) is 9. The van der Waals surface area contributed by atoms with Gasteiger partial charge in [0.15, 0.2) is 0 Å². The Balaban J connectivity index is 2.99. The van der Waals surface area contributed by atoms with Gasteiger partial charge in [0, 0.05) is 5.75 Å². The van der Waals surface area contributed by atoms with Gasteiger partial charge in [0.05, 0.1) is 19.9 Å². The molecule has 0 aliphatic rings. The molecule has 0 aliphatic carbocycles. The Morgan fingerprint density at radius 3 is 2.33 bits per heavy atom. The van der Waals surface area contributed by atoms with Gasteiger partial charge in [-0.2, -0.15) is 5.11 Å². The molecule has 0 aromatic heterocycles. The smallest absolute Gasteiger partial charge is 0.362 e. The van der Waals surface area contributed by atoms with Crippen molar-refractivity contribution in [3.05, 3.63) is 41.3 Å². The maximum Gasteiger partial charge on any atom is 0.362 e. The van der Waals surface area contributed by atoms with E-state index in [1.165, 1.54) is 24.3 Å². The van der Waals surface area contributed by atoms with Crippen LogP contribution in [0.25, 0.3) is 0 Å². The van der Waals surface area contributed by atoms with Crippen molar-refractivity contribution >= 4 is 28.7 Å². The Labute approximate surface area is 140 Å². The Hall–Kier alpha value is -2.59. The maximum absolute atomic E-state index is 11.6. The lowest BCUT2D eigenvalue weighted by Gasteiger charge is -2.05. The normalized spacial score (nSPS) is 13.3. The minimum absolute atomic E-state index is 0.134. The maximum atomic E-state index is 11.6. The molecule has 0 amide bonds. The van der Waals surface area contributed by atoms with Gasteiger partial charge in [-0.25, -0.2) is 4.79 Å². The highest BCUT2D eigenvalue weighted by Crippen LogP contribution is 2.18. The lowest BCUT2D eigenvalue weighted by atomic mass is 10.2. The number of ether oxygens (including phenoxy) is 2. The molecule has 1 rings (SSSR count). The molecule has 0 bridgehead atoms. The van der Waals surface area contributed by atoms with Crippen LogP contribution in [0.4, 0.5) is 5.69 Å². The van der Waals surface area contributed by atoms with Crippen LogP contribution in [0, 0.1) is 0 Å². The third kappa shape index (κ3) is 6.26. The summed E-state index contributed by atoms with van der Waals surface area (Å²) in [7, 11) is 2.21. The molecule has 0 aliphatic heterocycles. The first-order valence-corrected chi connectivity index (χ1v) is 7.75. The van der Waals surface area contributed by atoms with E-state index < -0.39 is 40.9 Å². The van der Waals surface area contributed by atoms with Gasteiger partial charge in [-0.15, -0.1) is 5.11 Å². The molecule has 1 aromatic carbocycles. The Kier molecular flexibility index (Phi) is 7.72. The SMILES string of the molecule is COC(=O)CC(O)=C(N=Nc1ccc(CS(=O)[O-])cc1)C(=O)OC. The average molecular weight is 355 g/mol. The highest BCUT2D eigenvalue weighted by molar-refractivity contribution is 7.78. The van der Waals surface area contributed by atoms with Crippen LogP contribution in [0.2, 0.25) is 0 Å². The van der Waals surface area contributed by atoms with Gasteiger partial charge >= 0.3 is 11.9 Å². The molecule has 1 atom stereocenters. The minimum atomic E-state index is -2.20. The van der Waals surface area contributed by atoms with Crippen molar-refractivity contribution in [2.75, 3.05) is 14.2 Å². The molecule has 1 N–H and O–H groups in total. The third-order valence-electron chi connectivity index (χ3n) is 2.68. The molecule has 9 nitrogen and oxygen atoms in total. The van der Waals surface area contributed by atoms with Crippen molar-refractivity contribution < 1.29 is 32.9 Å². The zero-order chi connectivity index (χ0) is 18.1. The van der Waals surface area contributed by atoms with E-state index in [4.69, 9.17) is 0 Å². The van der Waals surface area contributed by atoms with Crippen molar-refractivity contribution in [1.29, 1.82) is 0 Å². The van der Waals surface area contributed by atoms with Gasteiger partial charge in [0.1, 0.15) is 12.2 Å². The van der Waals surface area contributed by atoms with Crippen LogP contribution in [-0.2, 0) is 35.9 Å². The number of aliphatic hydroxyl groups is 1. The van der Waals surface area contributed by atoms with Gasteiger partial charge in [-0.1, -0.05) is 23.2 Å². The van der Waals surface area contributed by atoms with Crippen LogP contribution in [0.15, 0.2) is 46.0 Å². The largest absolute Gasteiger partial charge is 0.772 e. The first-order chi connectivity index (χ1) is 11.4. The standard InChI is InChI=1S/C14H16N2O7S/c1-22-12(18)7-11(17)13(14(19)23-2)16-15-10-5-3-9(4-6-10)8-24(20)21/h3-6,17H,7-8H2,1-2H3,(H,20,21)/p-1. The van der Waals surface area contributed by atoms with Gasteiger partial charge in [-0.3, -0.25) is 9.00 Å². The van der Waals surface area contributed by atoms with Crippen molar-refractivity contribution in [2.24, 2.45) is 10.2 Å². The summed E-state index contributed by atoms with van der Waals surface area (Å²) in [6.07, 6.45) is -0.561. The quantitative estimate of drug-likeness (QED) is 0.258. The Morgan fingerprint density at radius 1 is 1.21 bits per heavy atom. The number of azo groups is 1. The number of carbonyl (C=O) groups is 2. The summed E-state index contributed by atoms with van der Waals surface area (Å²) in [5.74, 6) is -2.52. The lowest BCUT2D eigenvalue weighted by molar-refractivity contribution is -0.140. The zero-order valence-corrected chi connectivity index (χ0v) is 13.7. The molecule has 10 heteroatoms. The fraction of sp³-hybridized carbons (Fsp3) is 0.286. The number of hydrogen-bond donors (Lipinski definition) is 1. The average Bonchev–Trinajstić information content (AvgIpc) is 2.55. The number of rotatable bonds is 7. The van der Waals surface area contributed by atoms with Gasteiger partial charge in [0.2, 0.25) is 5.70 Å². The van der Waals surface area contributed by atoms with E-state index in [1.807, 2.05) is 0 Å². The highest BCUT2D eigenvalue weighted by Gasteiger charge is 2.18. The summed E-state index contributed by atoms with van der Waals surface area (Å²) in [6, 6.07) is 6.02. The zero-order valence-electron chi connectivity index (χ0n) is 12.9. The molecule has 0 saturated carbocycles. The van der Waals surface area contributed by atoms with Gasteiger partial charge in [0.25, 0.3) is 0 Å². The van der Waals surface area contributed by atoms with Crippen LogP contribution in [0.5, 0.6) is 0 Å². The monoisotopic (exact) mass is 355 g/mol. The Morgan fingerprint density at radius 2 is 1.83 bits per heavy atom. The third-order valence-corrected chi connectivity index (χ3v) is 3.25. The predicted molar refractivity (Wildman–Crippen MR) is 81.9 cm³/mol.